The van der Waals surface area contributed by atoms with Crippen molar-refractivity contribution in [1.29, 1.82) is 0 Å². The molecule has 0 aliphatic carbocycles. The van der Waals surface area contributed by atoms with Crippen LogP contribution in [0.1, 0.15) is 38.3 Å². The van der Waals surface area contributed by atoms with Crippen molar-refractivity contribution in [2.75, 3.05) is 26.7 Å². The topological polar surface area (TPSA) is 15.3 Å². The zero-order valence-electron chi connectivity index (χ0n) is 12.5. The second kappa shape index (κ2) is 6.42. The number of nitrogens with zero attached hydrogens (tertiary/aromatic N) is 1. The highest BCUT2D eigenvalue weighted by molar-refractivity contribution is 6.30. The van der Waals surface area contributed by atoms with Crippen LogP contribution in [0.5, 0.6) is 0 Å². The van der Waals surface area contributed by atoms with Crippen molar-refractivity contribution in [3.63, 3.8) is 0 Å². The maximum absolute atomic E-state index is 13.2. The van der Waals surface area contributed by atoms with Gasteiger partial charge in [-0.1, -0.05) is 24.6 Å². The SMILES string of the molecule is CC(NCC1(C)CCN(C)CC1)c1ccc(F)c(Cl)c1. The summed E-state index contributed by atoms with van der Waals surface area (Å²) in [6, 6.07) is 5.14. The van der Waals surface area contributed by atoms with Gasteiger partial charge in [-0.15, -0.1) is 0 Å². The summed E-state index contributed by atoms with van der Waals surface area (Å²) in [5.74, 6) is -0.357. The van der Waals surface area contributed by atoms with Crippen molar-refractivity contribution >= 4 is 11.6 Å². The van der Waals surface area contributed by atoms with Crippen LogP contribution < -0.4 is 5.32 Å². The predicted molar refractivity (Wildman–Crippen MR) is 82.7 cm³/mol. The predicted octanol–water partition coefficient (Wildman–Crippen LogP) is 3.86. The van der Waals surface area contributed by atoms with Gasteiger partial charge in [0.2, 0.25) is 0 Å². The highest BCUT2D eigenvalue weighted by Crippen LogP contribution is 2.30. The van der Waals surface area contributed by atoms with Gasteiger partial charge < -0.3 is 10.2 Å². The Kier molecular flexibility index (Phi) is 5.05. The molecule has 0 bridgehead atoms. The molecule has 0 saturated carbocycles. The van der Waals surface area contributed by atoms with Crippen LogP contribution in [0.3, 0.4) is 0 Å². The molecule has 2 rings (SSSR count). The van der Waals surface area contributed by atoms with E-state index in [1.807, 2.05) is 0 Å². The molecule has 1 aliphatic heterocycles. The molecular formula is C16H24ClFN2. The Morgan fingerprint density at radius 1 is 1.40 bits per heavy atom. The number of likely N-dealkylation sites (tertiary alicyclic amines) is 1. The molecule has 1 atom stereocenters. The van der Waals surface area contributed by atoms with Gasteiger partial charge in [0.05, 0.1) is 5.02 Å². The number of piperidine rings is 1. The van der Waals surface area contributed by atoms with E-state index in [9.17, 15) is 4.39 Å². The fourth-order valence-electron chi connectivity index (χ4n) is 2.63. The molecule has 1 unspecified atom stereocenters. The van der Waals surface area contributed by atoms with Gasteiger partial charge in [0, 0.05) is 12.6 Å². The molecule has 0 aromatic heterocycles. The largest absolute Gasteiger partial charge is 0.310 e. The quantitative estimate of drug-likeness (QED) is 0.908. The maximum Gasteiger partial charge on any atom is 0.141 e. The minimum absolute atomic E-state index is 0.185. The molecule has 1 fully saturated rings. The van der Waals surface area contributed by atoms with E-state index in [1.54, 1.807) is 12.1 Å². The van der Waals surface area contributed by atoms with Crippen LogP contribution in [-0.4, -0.2) is 31.6 Å². The molecule has 1 aromatic carbocycles. The number of halogens is 2. The summed E-state index contributed by atoms with van der Waals surface area (Å²) >= 11 is 5.84. The fraction of sp³-hybridized carbons (Fsp3) is 0.625. The first-order chi connectivity index (χ1) is 9.39. The van der Waals surface area contributed by atoms with Gasteiger partial charge in [0.1, 0.15) is 5.82 Å². The van der Waals surface area contributed by atoms with Crippen LogP contribution in [0.2, 0.25) is 5.02 Å². The Morgan fingerprint density at radius 3 is 2.65 bits per heavy atom. The summed E-state index contributed by atoms with van der Waals surface area (Å²) in [6.07, 6.45) is 2.43. The molecule has 0 spiro atoms. The van der Waals surface area contributed by atoms with Crippen molar-refractivity contribution in [3.05, 3.63) is 34.6 Å². The van der Waals surface area contributed by atoms with Crippen molar-refractivity contribution in [3.8, 4) is 0 Å². The van der Waals surface area contributed by atoms with Gasteiger partial charge in [-0.3, -0.25) is 0 Å². The molecule has 1 aromatic rings. The third kappa shape index (κ3) is 3.94. The summed E-state index contributed by atoms with van der Waals surface area (Å²) in [4.78, 5) is 2.38. The lowest BCUT2D eigenvalue weighted by Gasteiger charge is -2.38. The van der Waals surface area contributed by atoms with E-state index in [0.29, 0.717) is 5.41 Å². The van der Waals surface area contributed by atoms with Crippen molar-refractivity contribution in [1.82, 2.24) is 10.2 Å². The lowest BCUT2D eigenvalue weighted by molar-refractivity contribution is 0.134. The first-order valence-corrected chi connectivity index (χ1v) is 7.64. The van der Waals surface area contributed by atoms with Crippen LogP contribution in [0.15, 0.2) is 18.2 Å². The average Bonchev–Trinajstić information content (AvgIpc) is 2.43. The minimum atomic E-state index is -0.357. The van der Waals surface area contributed by atoms with Crippen molar-refractivity contribution < 1.29 is 4.39 Å². The number of nitrogens with one attached hydrogen (secondary N) is 1. The molecule has 4 heteroatoms. The van der Waals surface area contributed by atoms with Gasteiger partial charge in [0.25, 0.3) is 0 Å². The van der Waals surface area contributed by atoms with Crippen LogP contribution in [0.25, 0.3) is 0 Å². The average molecular weight is 299 g/mol. The maximum atomic E-state index is 13.2. The summed E-state index contributed by atoms with van der Waals surface area (Å²) < 4.78 is 13.2. The van der Waals surface area contributed by atoms with E-state index in [0.717, 1.165) is 25.2 Å². The fourth-order valence-corrected chi connectivity index (χ4v) is 2.82. The van der Waals surface area contributed by atoms with Crippen LogP contribution in [0, 0.1) is 11.2 Å². The first kappa shape index (κ1) is 15.7. The van der Waals surface area contributed by atoms with Crippen LogP contribution in [0.4, 0.5) is 4.39 Å². The zero-order chi connectivity index (χ0) is 14.8. The molecule has 2 nitrogen and oxygen atoms in total. The second-order valence-corrected chi connectivity index (χ2v) is 6.80. The van der Waals surface area contributed by atoms with Gasteiger partial charge in [-0.25, -0.2) is 4.39 Å². The lowest BCUT2D eigenvalue weighted by Crippen LogP contribution is -2.42. The Hall–Kier alpha value is -0.640. The van der Waals surface area contributed by atoms with Crippen molar-refractivity contribution in [2.45, 2.75) is 32.7 Å². The van der Waals surface area contributed by atoms with E-state index < -0.39 is 0 Å². The highest BCUT2D eigenvalue weighted by Gasteiger charge is 2.28. The third-order valence-electron chi connectivity index (χ3n) is 4.47. The molecular weight excluding hydrogens is 275 g/mol. The Morgan fingerprint density at radius 2 is 2.05 bits per heavy atom. The van der Waals surface area contributed by atoms with Gasteiger partial charge >= 0.3 is 0 Å². The molecule has 1 saturated heterocycles. The van der Waals surface area contributed by atoms with Gasteiger partial charge in [0.15, 0.2) is 0 Å². The van der Waals surface area contributed by atoms with Crippen LogP contribution in [-0.2, 0) is 0 Å². The Labute approximate surface area is 126 Å². The Bertz CT molecular complexity index is 456. The number of benzene rings is 1. The molecule has 20 heavy (non-hydrogen) atoms. The minimum Gasteiger partial charge on any atom is -0.310 e. The molecule has 1 aliphatic rings. The number of rotatable bonds is 4. The molecule has 112 valence electrons. The molecule has 0 radical (unpaired) electrons. The number of hydrogen-bond donors (Lipinski definition) is 1. The van der Waals surface area contributed by atoms with E-state index in [2.05, 4.69) is 31.1 Å². The summed E-state index contributed by atoms with van der Waals surface area (Å²) in [5, 5.41) is 3.77. The third-order valence-corrected chi connectivity index (χ3v) is 4.76. The van der Waals surface area contributed by atoms with E-state index in [-0.39, 0.29) is 16.9 Å². The van der Waals surface area contributed by atoms with E-state index in [4.69, 9.17) is 11.6 Å². The second-order valence-electron chi connectivity index (χ2n) is 6.39. The normalized spacial score (nSPS) is 20.9. The first-order valence-electron chi connectivity index (χ1n) is 7.26. The van der Waals surface area contributed by atoms with E-state index in [1.165, 1.54) is 18.9 Å². The Balaban J connectivity index is 1.91. The van der Waals surface area contributed by atoms with E-state index >= 15 is 0 Å². The summed E-state index contributed by atoms with van der Waals surface area (Å²) in [6.45, 7) is 7.75. The van der Waals surface area contributed by atoms with Crippen LogP contribution >= 0.6 is 11.6 Å². The molecule has 1 heterocycles. The molecule has 1 N–H and O–H groups in total. The monoisotopic (exact) mass is 298 g/mol. The molecule has 0 amide bonds. The standard InChI is InChI=1S/C16H24ClFN2/c1-12(13-4-5-15(18)14(17)10-13)19-11-16(2)6-8-20(3)9-7-16/h4-5,10,12,19H,6-9,11H2,1-3H3. The van der Waals surface area contributed by atoms with Gasteiger partial charge in [-0.05, 0) is 63.0 Å². The van der Waals surface area contributed by atoms with Gasteiger partial charge in [-0.2, -0.15) is 0 Å². The lowest BCUT2D eigenvalue weighted by atomic mass is 9.80. The summed E-state index contributed by atoms with van der Waals surface area (Å²) in [7, 11) is 2.18. The van der Waals surface area contributed by atoms with Crippen molar-refractivity contribution in [2.24, 2.45) is 5.41 Å². The summed E-state index contributed by atoms with van der Waals surface area (Å²) in [5.41, 5.74) is 1.39. The highest BCUT2D eigenvalue weighted by atomic mass is 35.5. The smallest absolute Gasteiger partial charge is 0.141 e. The zero-order valence-corrected chi connectivity index (χ0v) is 13.3. The number of hydrogen-bond acceptors (Lipinski definition) is 2.